The fourth-order valence-electron chi connectivity index (χ4n) is 2.93. The Balaban J connectivity index is 1.98. The van der Waals surface area contributed by atoms with Gasteiger partial charge in [-0.25, -0.2) is 4.98 Å². The molecule has 1 aliphatic carbocycles. The molecule has 0 bridgehead atoms. The third-order valence-corrected chi connectivity index (χ3v) is 4.38. The van der Waals surface area contributed by atoms with Gasteiger partial charge in [0.1, 0.15) is 5.82 Å². The predicted molar refractivity (Wildman–Crippen MR) is 84.9 cm³/mol. The Morgan fingerprint density at radius 1 is 1.30 bits per heavy atom. The molecule has 0 spiro atoms. The zero-order valence-electron chi connectivity index (χ0n) is 12.2. The van der Waals surface area contributed by atoms with Crippen LogP contribution in [0, 0.1) is 5.92 Å². The lowest BCUT2D eigenvalue weighted by Gasteiger charge is -2.33. The van der Waals surface area contributed by atoms with E-state index in [1.165, 1.54) is 24.6 Å². The number of nitrogens with zero attached hydrogens (tertiary/aromatic N) is 2. The number of benzene rings is 1. The summed E-state index contributed by atoms with van der Waals surface area (Å²) in [6, 6.07) is 10.5. The summed E-state index contributed by atoms with van der Waals surface area (Å²) in [5.74, 6) is 1.93. The van der Waals surface area contributed by atoms with E-state index in [9.17, 15) is 0 Å². The molecule has 1 aromatic heterocycles. The van der Waals surface area contributed by atoms with Crippen LogP contribution in [0.25, 0.3) is 10.9 Å². The van der Waals surface area contributed by atoms with E-state index >= 15 is 0 Å². The van der Waals surface area contributed by atoms with Gasteiger partial charge in [-0.2, -0.15) is 0 Å². The zero-order valence-corrected chi connectivity index (χ0v) is 12.2. The molecule has 1 saturated carbocycles. The summed E-state index contributed by atoms with van der Waals surface area (Å²) in [4.78, 5) is 7.28. The molecule has 0 saturated heterocycles. The highest BCUT2D eigenvalue weighted by Crippen LogP contribution is 2.30. The average molecular weight is 269 g/mol. The molecule has 2 aromatic rings. The van der Waals surface area contributed by atoms with Gasteiger partial charge in [0.05, 0.1) is 5.52 Å². The molecule has 106 valence electrons. The first-order valence-electron chi connectivity index (χ1n) is 7.65. The van der Waals surface area contributed by atoms with Crippen LogP contribution in [0.15, 0.2) is 30.3 Å². The van der Waals surface area contributed by atoms with Gasteiger partial charge in [-0.05, 0) is 37.8 Å². The lowest BCUT2D eigenvalue weighted by molar-refractivity contribution is 0.318. The normalized spacial score (nSPS) is 15.3. The monoisotopic (exact) mass is 269 g/mol. The van der Waals surface area contributed by atoms with Gasteiger partial charge in [0.25, 0.3) is 0 Å². The predicted octanol–water partition coefficient (Wildman–Crippen LogP) is 3.32. The zero-order chi connectivity index (χ0) is 13.9. The van der Waals surface area contributed by atoms with Gasteiger partial charge in [-0.1, -0.05) is 24.6 Å². The van der Waals surface area contributed by atoms with Crippen LogP contribution in [0.2, 0.25) is 0 Å². The van der Waals surface area contributed by atoms with Crippen molar-refractivity contribution in [3.63, 3.8) is 0 Å². The minimum absolute atomic E-state index is 0.550. The van der Waals surface area contributed by atoms with Gasteiger partial charge in [-0.3, -0.25) is 0 Å². The van der Waals surface area contributed by atoms with Crippen LogP contribution in [0.1, 0.15) is 31.7 Å². The first kappa shape index (κ1) is 13.4. The van der Waals surface area contributed by atoms with E-state index in [0.717, 1.165) is 35.9 Å². The van der Waals surface area contributed by atoms with Gasteiger partial charge in [-0.15, -0.1) is 0 Å². The molecule has 20 heavy (non-hydrogen) atoms. The molecule has 0 radical (unpaired) electrons. The number of aromatic nitrogens is 1. The number of fused-ring (bicyclic) bond motifs is 1. The number of hydrogen-bond donors (Lipinski definition) is 1. The van der Waals surface area contributed by atoms with Crippen LogP contribution < -0.4 is 10.6 Å². The van der Waals surface area contributed by atoms with Crippen molar-refractivity contribution in [2.45, 2.75) is 32.7 Å². The molecule has 0 unspecified atom stereocenters. The third kappa shape index (κ3) is 2.50. The fraction of sp³-hybridized carbons (Fsp3) is 0.471. The number of hydrogen-bond acceptors (Lipinski definition) is 3. The summed E-state index contributed by atoms with van der Waals surface area (Å²) < 4.78 is 0. The Bertz CT molecular complexity index is 590. The SMILES string of the molecule is CCN(CC1CCC1)c1nc2ccccc2cc1CN. The largest absolute Gasteiger partial charge is 0.356 e. The molecule has 1 heterocycles. The van der Waals surface area contributed by atoms with Crippen LogP contribution in [0.4, 0.5) is 5.82 Å². The quantitative estimate of drug-likeness (QED) is 0.905. The van der Waals surface area contributed by atoms with Gasteiger partial charge < -0.3 is 10.6 Å². The smallest absolute Gasteiger partial charge is 0.133 e. The molecule has 0 amide bonds. The Hall–Kier alpha value is -1.61. The molecular formula is C17H23N3. The average Bonchev–Trinajstić information content (AvgIpc) is 2.45. The molecule has 3 rings (SSSR count). The maximum atomic E-state index is 5.94. The molecule has 1 aliphatic rings. The van der Waals surface area contributed by atoms with Crippen LogP contribution in [-0.4, -0.2) is 18.1 Å². The van der Waals surface area contributed by atoms with E-state index in [0.29, 0.717) is 6.54 Å². The molecular weight excluding hydrogens is 246 g/mol. The molecule has 3 heteroatoms. The number of anilines is 1. The molecule has 1 fully saturated rings. The van der Waals surface area contributed by atoms with Crippen molar-refractivity contribution < 1.29 is 0 Å². The van der Waals surface area contributed by atoms with Crippen molar-refractivity contribution in [2.24, 2.45) is 11.7 Å². The molecule has 2 N–H and O–H groups in total. The summed E-state index contributed by atoms with van der Waals surface area (Å²) in [5, 5.41) is 1.18. The highest BCUT2D eigenvalue weighted by Gasteiger charge is 2.22. The number of nitrogens with two attached hydrogens (primary N) is 1. The maximum Gasteiger partial charge on any atom is 0.133 e. The second-order valence-electron chi connectivity index (χ2n) is 5.70. The third-order valence-electron chi connectivity index (χ3n) is 4.38. The van der Waals surface area contributed by atoms with Crippen molar-refractivity contribution in [3.05, 3.63) is 35.9 Å². The second kappa shape index (κ2) is 5.80. The van der Waals surface area contributed by atoms with Crippen LogP contribution in [0.3, 0.4) is 0 Å². The minimum atomic E-state index is 0.550. The van der Waals surface area contributed by atoms with Gasteiger partial charge in [0.15, 0.2) is 0 Å². The first-order valence-corrected chi connectivity index (χ1v) is 7.65. The second-order valence-corrected chi connectivity index (χ2v) is 5.70. The Labute approximate surface area is 120 Å². The number of para-hydroxylation sites is 1. The van der Waals surface area contributed by atoms with E-state index in [2.05, 4.69) is 36.1 Å². The minimum Gasteiger partial charge on any atom is -0.356 e. The van der Waals surface area contributed by atoms with E-state index in [4.69, 9.17) is 10.7 Å². The summed E-state index contributed by atoms with van der Waals surface area (Å²) in [6.07, 6.45) is 4.11. The van der Waals surface area contributed by atoms with E-state index < -0.39 is 0 Å². The Morgan fingerprint density at radius 3 is 2.75 bits per heavy atom. The highest BCUT2D eigenvalue weighted by atomic mass is 15.2. The number of rotatable bonds is 5. The summed E-state index contributed by atoms with van der Waals surface area (Å²) >= 11 is 0. The Morgan fingerprint density at radius 2 is 2.10 bits per heavy atom. The Kier molecular flexibility index (Phi) is 3.88. The van der Waals surface area contributed by atoms with Crippen molar-refractivity contribution in [3.8, 4) is 0 Å². The van der Waals surface area contributed by atoms with Gasteiger partial charge in [0.2, 0.25) is 0 Å². The molecule has 0 aliphatic heterocycles. The first-order chi connectivity index (χ1) is 9.81. The maximum absolute atomic E-state index is 5.94. The summed E-state index contributed by atoms with van der Waals surface area (Å²) in [5.41, 5.74) is 8.16. The van der Waals surface area contributed by atoms with Gasteiger partial charge >= 0.3 is 0 Å². The lowest BCUT2D eigenvalue weighted by Crippen LogP contribution is -2.34. The highest BCUT2D eigenvalue weighted by molar-refractivity contribution is 5.81. The lowest BCUT2D eigenvalue weighted by atomic mass is 9.85. The van der Waals surface area contributed by atoms with E-state index in [-0.39, 0.29) is 0 Å². The van der Waals surface area contributed by atoms with E-state index in [1.807, 2.05) is 6.07 Å². The van der Waals surface area contributed by atoms with Crippen molar-refractivity contribution >= 4 is 16.7 Å². The van der Waals surface area contributed by atoms with Crippen LogP contribution in [0.5, 0.6) is 0 Å². The summed E-state index contributed by atoms with van der Waals surface area (Å²) in [7, 11) is 0. The number of pyridine rings is 1. The van der Waals surface area contributed by atoms with E-state index in [1.54, 1.807) is 0 Å². The van der Waals surface area contributed by atoms with Gasteiger partial charge in [0, 0.05) is 30.6 Å². The summed E-state index contributed by atoms with van der Waals surface area (Å²) in [6.45, 7) is 4.87. The van der Waals surface area contributed by atoms with Crippen molar-refractivity contribution in [1.29, 1.82) is 0 Å². The standard InChI is InChI=1S/C17H23N3/c1-2-20(12-13-6-5-7-13)17-15(11-18)10-14-8-3-4-9-16(14)19-17/h3-4,8-10,13H,2,5-7,11-12,18H2,1H3. The molecule has 3 nitrogen and oxygen atoms in total. The van der Waals surface area contributed by atoms with Crippen LogP contribution in [-0.2, 0) is 6.54 Å². The molecule has 1 aromatic carbocycles. The van der Waals surface area contributed by atoms with Crippen molar-refractivity contribution in [2.75, 3.05) is 18.0 Å². The topological polar surface area (TPSA) is 42.2 Å². The fourth-order valence-corrected chi connectivity index (χ4v) is 2.93. The van der Waals surface area contributed by atoms with Crippen LogP contribution >= 0.6 is 0 Å². The molecule has 0 atom stereocenters. The van der Waals surface area contributed by atoms with Crippen molar-refractivity contribution in [1.82, 2.24) is 4.98 Å².